The van der Waals surface area contributed by atoms with Gasteiger partial charge in [-0.05, 0) is 12.0 Å². The molecule has 0 spiro atoms. The quantitative estimate of drug-likeness (QED) is 0.597. The Kier molecular flexibility index (Phi) is 4.03. The number of rotatable bonds is 5. The van der Waals surface area contributed by atoms with Crippen molar-refractivity contribution in [2.45, 2.75) is 20.3 Å². The highest BCUT2D eigenvalue weighted by atomic mass is 16.6. The minimum Gasteiger partial charge on any atom is -0.370 e. The van der Waals surface area contributed by atoms with Gasteiger partial charge in [-0.1, -0.05) is 20.3 Å². The molecular formula is C10H15N3O2. The molecule has 0 radical (unpaired) electrons. The smallest absolute Gasteiger partial charge is 0.287 e. The minimum atomic E-state index is -0.453. The van der Waals surface area contributed by atoms with Crippen molar-refractivity contribution in [2.75, 3.05) is 11.9 Å². The van der Waals surface area contributed by atoms with Crippen molar-refractivity contribution in [3.05, 3.63) is 28.4 Å². The molecule has 1 aromatic rings. The monoisotopic (exact) mass is 209 g/mol. The van der Waals surface area contributed by atoms with Gasteiger partial charge in [0.15, 0.2) is 0 Å². The van der Waals surface area contributed by atoms with E-state index in [2.05, 4.69) is 24.1 Å². The van der Waals surface area contributed by atoms with E-state index in [9.17, 15) is 10.1 Å². The number of pyridine rings is 1. The summed E-state index contributed by atoms with van der Waals surface area (Å²) in [5.41, 5.74) is 0.0177. The molecule has 0 aliphatic carbocycles. The van der Waals surface area contributed by atoms with Gasteiger partial charge in [0.1, 0.15) is 12.0 Å². The van der Waals surface area contributed by atoms with Crippen LogP contribution in [-0.2, 0) is 0 Å². The van der Waals surface area contributed by atoms with Gasteiger partial charge in [0.05, 0.1) is 4.92 Å². The highest BCUT2D eigenvalue weighted by Gasteiger charge is 2.05. The fourth-order valence-electron chi connectivity index (χ4n) is 1.02. The van der Waals surface area contributed by atoms with Crippen molar-refractivity contribution >= 4 is 11.5 Å². The molecule has 1 rings (SSSR count). The van der Waals surface area contributed by atoms with E-state index in [1.54, 1.807) is 6.07 Å². The molecule has 5 nitrogen and oxygen atoms in total. The lowest BCUT2D eigenvalue weighted by atomic mass is 10.1. The Bertz CT molecular complexity index is 324. The predicted molar refractivity (Wildman–Crippen MR) is 58.8 cm³/mol. The van der Waals surface area contributed by atoms with Gasteiger partial charge in [-0.15, -0.1) is 0 Å². The van der Waals surface area contributed by atoms with Crippen LogP contribution in [0.15, 0.2) is 18.3 Å². The molecule has 0 aliphatic heterocycles. The first-order valence-electron chi connectivity index (χ1n) is 4.97. The summed E-state index contributed by atoms with van der Waals surface area (Å²) in [4.78, 5) is 13.9. The fourth-order valence-corrected chi connectivity index (χ4v) is 1.02. The molecule has 15 heavy (non-hydrogen) atoms. The lowest BCUT2D eigenvalue weighted by Crippen LogP contribution is -2.11. The first kappa shape index (κ1) is 11.4. The van der Waals surface area contributed by atoms with Crippen molar-refractivity contribution in [3.63, 3.8) is 0 Å². The molecular weight excluding hydrogens is 194 g/mol. The maximum absolute atomic E-state index is 10.4. The predicted octanol–water partition coefficient (Wildman–Crippen LogP) is 2.45. The second-order valence-corrected chi connectivity index (χ2v) is 3.55. The van der Waals surface area contributed by atoms with Gasteiger partial charge in [-0.3, -0.25) is 10.1 Å². The molecule has 1 atom stereocenters. The number of nitrogens with one attached hydrogen (secondary N) is 1. The van der Waals surface area contributed by atoms with Gasteiger partial charge >= 0.3 is 0 Å². The third-order valence-corrected chi connectivity index (χ3v) is 2.29. The summed E-state index contributed by atoms with van der Waals surface area (Å²) in [7, 11) is 0. The lowest BCUT2D eigenvalue weighted by Gasteiger charge is -2.09. The summed E-state index contributed by atoms with van der Waals surface area (Å²) >= 11 is 0. The number of nitrogens with zero attached hydrogens (tertiary/aromatic N) is 2. The van der Waals surface area contributed by atoms with Crippen molar-refractivity contribution in [2.24, 2.45) is 5.92 Å². The van der Waals surface area contributed by atoms with Crippen LogP contribution >= 0.6 is 0 Å². The molecule has 0 amide bonds. The highest BCUT2D eigenvalue weighted by Crippen LogP contribution is 2.12. The molecule has 0 unspecified atom stereocenters. The van der Waals surface area contributed by atoms with Gasteiger partial charge in [0.2, 0.25) is 0 Å². The van der Waals surface area contributed by atoms with Gasteiger partial charge in [0, 0.05) is 12.6 Å². The van der Waals surface area contributed by atoms with E-state index in [1.807, 2.05) is 0 Å². The van der Waals surface area contributed by atoms with E-state index in [4.69, 9.17) is 0 Å². The topological polar surface area (TPSA) is 68.1 Å². The van der Waals surface area contributed by atoms with E-state index < -0.39 is 4.92 Å². The van der Waals surface area contributed by atoms with Crippen molar-refractivity contribution < 1.29 is 4.92 Å². The van der Waals surface area contributed by atoms with Gasteiger partial charge < -0.3 is 5.32 Å². The van der Waals surface area contributed by atoms with Crippen LogP contribution in [0.1, 0.15) is 20.3 Å². The molecule has 0 saturated heterocycles. The van der Waals surface area contributed by atoms with Crippen LogP contribution in [0.4, 0.5) is 11.5 Å². The zero-order valence-electron chi connectivity index (χ0n) is 8.93. The van der Waals surface area contributed by atoms with Crippen LogP contribution in [-0.4, -0.2) is 16.5 Å². The summed E-state index contributed by atoms with van der Waals surface area (Å²) in [5.74, 6) is 1.25. The van der Waals surface area contributed by atoms with Crippen molar-refractivity contribution in [1.29, 1.82) is 0 Å². The average Bonchev–Trinajstić information content (AvgIpc) is 2.26. The van der Waals surface area contributed by atoms with Crippen LogP contribution in [0.25, 0.3) is 0 Å². The Hall–Kier alpha value is -1.65. The highest BCUT2D eigenvalue weighted by molar-refractivity contribution is 5.39. The Balaban J connectivity index is 2.53. The van der Waals surface area contributed by atoms with Gasteiger partial charge in [-0.2, -0.15) is 0 Å². The molecule has 5 heteroatoms. The Morgan fingerprint density at radius 1 is 1.60 bits per heavy atom. The Morgan fingerprint density at radius 2 is 2.33 bits per heavy atom. The summed E-state index contributed by atoms with van der Waals surface area (Å²) in [6.07, 6.45) is 2.36. The average molecular weight is 209 g/mol. The molecule has 0 aliphatic rings. The SMILES string of the molecule is CC[C@H](C)CNc1ccc([N+](=O)[O-])cn1. The summed E-state index contributed by atoms with van der Waals surface area (Å²) < 4.78 is 0. The molecule has 1 aromatic heterocycles. The molecule has 0 saturated carbocycles. The maximum atomic E-state index is 10.4. The zero-order valence-corrected chi connectivity index (χ0v) is 8.93. The van der Waals surface area contributed by atoms with E-state index in [-0.39, 0.29) is 5.69 Å². The maximum Gasteiger partial charge on any atom is 0.287 e. The largest absolute Gasteiger partial charge is 0.370 e. The third kappa shape index (κ3) is 3.53. The first-order valence-corrected chi connectivity index (χ1v) is 4.97. The molecule has 0 bridgehead atoms. The minimum absolute atomic E-state index is 0.0177. The third-order valence-electron chi connectivity index (χ3n) is 2.29. The fraction of sp³-hybridized carbons (Fsp3) is 0.500. The van der Waals surface area contributed by atoms with Crippen LogP contribution in [0.3, 0.4) is 0 Å². The van der Waals surface area contributed by atoms with E-state index >= 15 is 0 Å². The second-order valence-electron chi connectivity index (χ2n) is 3.55. The second kappa shape index (κ2) is 5.29. The molecule has 0 fully saturated rings. The molecule has 1 heterocycles. The first-order chi connectivity index (χ1) is 7.13. The lowest BCUT2D eigenvalue weighted by molar-refractivity contribution is -0.385. The van der Waals surface area contributed by atoms with Gasteiger partial charge in [0.25, 0.3) is 5.69 Å². The van der Waals surface area contributed by atoms with E-state index in [1.165, 1.54) is 12.3 Å². The van der Waals surface area contributed by atoms with Crippen LogP contribution in [0, 0.1) is 16.0 Å². The summed E-state index contributed by atoms with van der Waals surface area (Å²) in [5, 5.41) is 13.5. The van der Waals surface area contributed by atoms with Crippen molar-refractivity contribution in [3.8, 4) is 0 Å². The number of aromatic nitrogens is 1. The zero-order chi connectivity index (χ0) is 11.3. The van der Waals surface area contributed by atoms with Crippen LogP contribution in [0.2, 0.25) is 0 Å². The standard InChI is InChI=1S/C10H15N3O2/c1-3-8(2)6-11-10-5-4-9(7-12-10)13(14)15/h4-5,7-8H,3,6H2,1-2H3,(H,11,12)/t8-/m0/s1. The molecule has 1 N–H and O–H groups in total. The van der Waals surface area contributed by atoms with E-state index in [0.717, 1.165) is 13.0 Å². The number of nitro groups is 1. The number of hydrogen-bond donors (Lipinski definition) is 1. The Morgan fingerprint density at radius 3 is 2.80 bits per heavy atom. The summed E-state index contributed by atoms with van der Waals surface area (Å²) in [6, 6.07) is 3.08. The van der Waals surface area contributed by atoms with E-state index in [0.29, 0.717) is 11.7 Å². The van der Waals surface area contributed by atoms with Crippen LogP contribution < -0.4 is 5.32 Å². The summed E-state index contributed by atoms with van der Waals surface area (Å²) in [6.45, 7) is 5.09. The molecule has 82 valence electrons. The van der Waals surface area contributed by atoms with Crippen LogP contribution in [0.5, 0.6) is 0 Å². The molecule has 0 aromatic carbocycles. The number of anilines is 1. The Labute approximate surface area is 88.7 Å². The van der Waals surface area contributed by atoms with Gasteiger partial charge in [-0.25, -0.2) is 4.98 Å². The van der Waals surface area contributed by atoms with Crippen molar-refractivity contribution in [1.82, 2.24) is 4.98 Å². The number of hydrogen-bond acceptors (Lipinski definition) is 4. The normalized spacial score (nSPS) is 12.1.